The Hall–Kier alpha value is -1.79. The molecule has 2 bridgehead atoms. The summed E-state index contributed by atoms with van der Waals surface area (Å²) >= 11 is 0. The lowest BCUT2D eigenvalue weighted by Gasteiger charge is -2.45. The molecule has 6 nitrogen and oxygen atoms in total. The predicted octanol–water partition coefficient (Wildman–Crippen LogP) is 2.23. The van der Waals surface area contributed by atoms with E-state index < -0.39 is 6.03 Å². The minimum Gasteiger partial charge on any atom is -0.351 e. The average molecular weight is 353 g/mol. The van der Waals surface area contributed by atoms with E-state index in [-0.39, 0.29) is 30.4 Å². The van der Waals surface area contributed by atoms with Crippen LogP contribution in [0.5, 0.6) is 0 Å². The third-order valence-electron chi connectivity index (χ3n) is 5.07. The molecule has 7 heteroatoms. The maximum Gasteiger partial charge on any atom is 0.316 e. The van der Waals surface area contributed by atoms with E-state index in [4.69, 9.17) is 11.5 Å². The zero-order valence-corrected chi connectivity index (χ0v) is 14.4. The van der Waals surface area contributed by atoms with Crippen LogP contribution >= 0.6 is 12.4 Å². The van der Waals surface area contributed by atoms with Crippen molar-refractivity contribution in [2.45, 2.75) is 44.2 Å². The molecule has 2 unspecified atom stereocenters. The monoisotopic (exact) mass is 352 g/mol. The van der Waals surface area contributed by atoms with Gasteiger partial charge in [0.05, 0.1) is 0 Å². The zero-order chi connectivity index (χ0) is 16.4. The van der Waals surface area contributed by atoms with Gasteiger partial charge in [0.1, 0.15) is 0 Å². The number of amides is 3. The van der Waals surface area contributed by atoms with Gasteiger partial charge in [0.15, 0.2) is 0 Å². The third kappa shape index (κ3) is 4.19. The summed E-state index contributed by atoms with van der Waals surface area (Å²) in [6.45, 7) is 0. The van der Waals surface area contributed by atoms with Crippen LogP contribution in [0.1, 0.15) is 42.5 Å². The summed E-state index contributed by atoms with van der Waals surface area (Å²) in [5.41, 5.74) is 12.3. The molecule has 24 heavy (non-hydrogen) atoms. The molecule has 2 aliphatic carbocycles. The Kier molecular flexibility index (Phi) is 6.07. The van der Waals surface area contributed by atoms with Crippen molar-refractivity contribution in [3.63, 3.8) is 0 Å². The Morgan fingerprint density at radius 2 is 1.79 bits per heavy atom. The first-order valence-corrected chi connectivity index (χ1v) is 8.26. The number of rotatable bonds is 3. The van der Waals surface area contributed by atoms with Gasteiger partial charge in [-0.3, -0.25) is 4.79 Å². The van der Waals surface area contributed by atoms with E-state index in [0.717, 1.165) is 25.7 Å². The second-order valence-electron chi connectivity index (χ2n) is 6.75. The lowest BCUT2D eigenvalue weighted by Crippen LogP contribution is -2.53. The van der Waals surface area contributed by atoms with Crippen LogP contribution in [-0.2, 0) is 0 Å². The number of primary amides is 1. The molecule has 0 spiro atoms. The van der Waals surface area contributed by atoms with E-state index in [9.17, 15) is 9.59 Å². The number of hydrogen-bond acceptors (Lipinski definition) is 3. The number of benzene rings is 1. The van der Waals surface area contributed by atoms with Crippen molar-refractivity contribution in [3.05, 3.63) is 29.8 Å². The van der Waals surface area contributed by atoms with Gasteiger partial charge < -0.3 is 22.1 Å². The molecule has 0 heterocycles. The van der Waals surface area contributed by atoms with Crippen LogP contribution in [0.4, 0.5) is 10.5 Å². The summed E-state index contributed by atoms with van der Waals surface area (Å²) in [4.78, 5) is 23.5. The SMILES string of the molecule is Cl.NC(=O)Nc1cccc(C(=O)NC2C3CCCC2CC(N)C3)c1. The number of nitrogens with two attached hydrogens (primary N) is 2. The van der Waals surface area contributed by atoms with Crippen LogP contribution in [0.2, 0.25) is 0 Å². The number of hydrogen-bond donors (Lipinski definition) is 4. The van der Waals surface area contributed by atoms with Crippen molar-refractivity contribution in [3.8, 4) is 0 Å². The van der Waals surface area contributed by atoms with Gasteiger partial charge in [-0.15, -0.1) is 12.4 Å². The molecule has 1 aromatic carbocycles. The fourth-order valence-corrected chi connectivity index (χ4v) is 4.14. The standard InChI is InChI=1S/C17H24N4O2.ClH/c18-13-7-10-3-1-4-11(8-13)15(10)21-16(22)12-5-2-6-14(9-12)20-17(19)23;/h2,5-6,9-11,13,15H,1,3-4,7-8,18H2,(H,21,22)(H3,19,20,23);1H. The molecule has 2 aliphatic rings. The van der Waals surface area contributed by atoms with Crippen LogP contribution in [0.3, 0.4) is 0 Å². The predicted molar refractivity (Wildman–Crippen MR) is 96.2 cm³/mol. The number of halogens is 1. The van der Waals surface area contributed by atoms with Crippen LogP contribution in [0.15, 0.2) is 24.3 Å². The minimum absolute atomic E-state index is 0. The van der Waals surface area contributed by atoms with E-state index >= 15 is 0 Å². The molecule has 3 amide bonds. The highest BCUT2D eigenvalue weighted by Crippen LogP contribution is 2.39. The Morgan fingerprint density at radius 1 is 1.12 bits per heavy atom. The Bertz CT molecular complexity index is 596. The summed E-state index contributed by atoms with van der Waals surface area (Å²) < 4.78 is 0. The van der Waals surface area contributed by atoms with Gasteiger partial charge in [-0.1, -0.05) is 12.5 Å². The average Bonchev–Trinajstić information content (AvgIpc) is 2.47. The lowest BCUT2D eigenvalue weighted by atomic mass is 9.67. The fraction of sp³-hybridized carbons (Fsp3) is 0.529. The maximum absolute atomic E-state index is 12.6. The first kappa shape index (κ1) is 18.5. The highest BCUT2D eigenvalue weighted by atomic mass is 35.5. The molecule has 3 rings (SSSR count). The third-order valence-corrected chi connectivity index (χ3v) is 5.07. The van der Waals surface area contributed by atoms with Crippen molar-refractivity contribution in [2.24, 2.45) is 23.3 Å². The van der Waals surface area contributed by atoms with Crippen LogP contribution in [0.25, 0.3) is 0 Å². The summed E-state index contributed by atoms with van der Waals surface area (Å²) in [6.07, 6.45) is 5.48. The van der Waals surface area contributed by atoms with Crippen LogP contribution < -0.4 is 22.1 Å². The summed E-state index contributed by atoms with van der Waals surface area (Å²) in [5.74, 6) is 0.859. The van der Waals surface area contributed by atoms with E-state index in [2.05, 4.69) is 10.6 Å². The van der Waals surface area contributed by atoms with Gasteiger partial charge in [-0.2, -0.15) is 0 Å². The number of nitrogens with one attached hydrogen (secondary N) is 2. The largest absolute Gasteiger partial charge is 0.351 e. The molecule has 0 aromatic heterocycles. The Balaban J connectivity index is 0.00000208. The van der Waals surface area contributed by atoms with Crippen molar-refractivity contribution in [1.82, 2.24) is 5.32 Å². The molecular weight excluding hydrogens is 328 g/mol. The first-order valence-electron chi connectivity index (χ1n) is 8.26. The van der Waals surface area contributed by atoms with Gasteiger partial charge in [0, 0.05) is 23.3 Å². The second-order valence-corrected chi connectivity index (χ2v) is 6.75. The first-order chi connectivity index (χ1) is 11.0. The highest BCUT2D eigenvalue weighted by molar-refractivity contribution is 5.96. The molecule has 2 saturated carbocycles. The molecule has 0 radical (unpaired) electrons. The quantitative estimate of drug-likeness (QED) is 0.669. The minimum atomic E-state index is -0.640. The van der Waals surface area contributed by atoms with Gasteiger partial charge in [0.2, 0.25) is 0 Å². The summed E-state index contributed by atoms with van der Waals surface area (Å²) in [6, 6.07) is 6.66. The number of carbonyl (C=O) groups excluding carboxylic acids is 2. The normalized spacial score (nSPS) is 28.4. The van der Waals surface area contributed by atoms with E-state index in [1.807, 2.05) is 0 Å². The highest BCUT2D eigenvalue weighted by Gasteiger charge is 2.39. The lowest BCUT2D eigenvalue weighted by molar-refractivity contribution is 0.0756. The molecule has 6 N–H and O–H groups in total. The molecule has 0 saturated heterocycles. The Morgan fingerprint density at radius 3 is 2.42 bits per heavy atom. The number of carbonyl (C=O) groups is 2. The number of anilines is 1. The van der Waals surface area contributed by atoms with Crippen molar-refractivity contribution in [2.75, 3.05) is 5.32 Å². The summed E-state index contributed by atoms with van der Waals surface area (Å²) in [7, 11) is 0. The van der Waals surface area contributed by atoms with Gasteiger partial charge in [-0.25, -0.2) is 4.79 Å². The van der Waals surface area contributed by atoms with Crippen molar-refractivity contribution < 1.29 is 9.59 Å². The second kappa shape index (κ2) is 7.85. The van der Waals surface area contributed by atoms with Crippen molar-refractivity contribution in [1.29, 1.82) is 0 Å². The van der Waals surface area contributed by atoms with Gasteiger partial charge >= 0.3 is 6.03 Å². The van der Waals surface area contributed by atoms with Crippen molar-refractivity contribution >= 4 is 30.0 Å². The molecule has 132 valence electrons. The molecular formula is C17H25ClN4O2. The fourth-order valence-electron chi connectivity index (χ4n) is 4.14. The van der Waals surface area contributed by atoms with Gasteiger partial charge in [-0.05, 0) is 55.7 Å². The van der Waals surface area contributed by atoms with Crippen LogP contribution in [-0.4, -0.2) is 24.0 Å². The molecule has 0 aliphatic heterocycles. The molecule has 1 aromatic rings. The number of fused-ring (bicyclic) bond motifs is 2. The maximum atomic E-state index is 12.6. The van der Waals surface area contributed by atoms with Gasteiger partial charge in [0.25, 0.3) is 5.91 Å². The van der Waals surface area contributed by atoms with Crippen LogP contribution in [0, 0.1) is 11.8 Å². The Labute approximate surface area is 148 Å². The van der Waals surface area contributed by atoms with E-state index in [1.54, 1.807) is 24.3 Å². The molecule has 2 fully saturated rings. The van der Waals surface area contributed by atoms with E-state index in [0.29, 0.717) is 23.1 Å². The number of urea groups is 1. The summed E-state index contributed by atoms with van der Waals surface area (Å²) in [5, 5.41) is 5.69. The molecule has 2 atom stereocenters. The van der Waals surface area contributed by atoms with E-state index in [1.165, 1.54) is 6.42 Å². The topological polar surface area (TPSA) is 110 Å². The smallest absolute Gasteiger partial charge is 0.316 e. The zero-order valence-electron chi connectivity index (χ0n) is 13.5.